The van der Waals surface area contributed by atoms with Crippen molar-refractivity contribution in [1.29, 1.82) is 0 Å². The zero-order chi connectivity index (χ0) is 15.0. The van der Waals surface area contributed by atoms with Gasteiger partial charge in [-0.25, -0.2) is 0 Å². The van der Waals surface area contributed by atoms with E-state index in [9.17, 15) is 0 Å². The zero-order valence-electron chi connectivity index (χ0n) is 13.3. The summed E-state index contributed by atoms with van der Waals surface area (Å²) >= 11 is 3.60. The van der Waals surface area contributed by atoms with Crippen molar-refractivity contribution in [1.82, 2.24) is 0 Å². The van der Waals surface area contributed by atoms with Crippen LogP contribution < -0.4 is 0 Å². The van der Waals surface area contributed by atoms with E-state index in [0.29, 0.717) is 5.04 Å². The van der Waals surface area contributed by atoms with Crippen molar-refractivity contribution < 1.29 is 4.74 Å². The molecular formula is C17H28BrOSi. The molecule has 1 radical (unpaired) electrons. The van der Waals surface area contributed by atoms with Crippen molar-refractivity contribution in [2.24, 2.45) is 0 Å². The van der Waals surface area contributed by atoms with Gasteiger partial charge in [-0.15, -0.1) is 0 Å². The van der Waals surface area contributed by atoms with E-state index in [0.717, 1.165) is 26.1 Å². The van der Waals surface area contributed by atoms with Crippen molar-refractivity contribution in [3.05, 3.63) is 34.3 Å². The molecule has 0 amide bonds. The molecule has 0 N–H and O–H groups in total. The largest absolute Gasteiger partial charge is 0.381 e. The molecule has 0 saturated heterocycles. The Kier molecular flexibility index (Phi) is 8.08. The van der Waals surface area contributed by atoms with Gasteiger partial charge in [0.25, 0.3) is 0 Å². The molecule has 1 aromatic rings. The molecule has 0 heterocycles. The molecule has 20 heavy (non-hydrogen) atoms. The average Bonchev–Trinajstić information content (AvgIpc) is 2.41. The highest BCUT2D eigenvalue weighted by Gasteiger charge is 2.28. The SMILES string of the molecule is CC[Si](CC)C(C)(C)COCCCc1ccccc1Br. The van der Waals surface area contributed by atoms with Gasteiger partial charge in [-0.2, -0.15) is 0 Å². The van der Waals surface area contributed by atoms with Gasteiger partial charge >= 0.3 is 0 Å². The van der Waals surface area contributed by atoms with E-state index in [-0.39, 0.29) is 8.80 Å². The number of benzene rings is 1. The van der Waals surface area contributed by atoms with E-state index in [1.807, 2.05) is 0 Å². The molecule has 0 aromatic heterocycles. The minimum atomic E-state index is -0.277. The molecule has 0 unspecified atom stereocenters. The molecule has 113 valence electrons. The molecule has 0 aliphatic carbocycles. The number of aryl methyl sites for hydroxylation is 1. The first-order valence-corrected chi connectivity index (χ1v) is 10.4. The third kappa shape index (κ3) is 5.70. The fourth-order valence-electron chi connectivity index (χ4n) is 2.70. The standard InChI is InChI=1S/C17H28BrOSi/c1-5-20(6-2)17(3,4)14-19-13-9-11-15-10-7-8-12-16(15)18/h7-8,10,12H,5-6,9,11,13-14H2,1-4H3. The first kappa shape index (κ1) is 17.9. The Bertz CT molecular complexity index is 388. The fraction of sp³-hybridized carbons (Fsp3) is 0.647. The summed E-state index contributed by atoms with van der Waals surface area (Å²) in [7, 11) is -0.277. The summed E-state index contributed by atoms with van der Waals surface area (Å²) in [6.45, 7) is 11.2. The van der Waals surface area contributed by atoms with E-state index in [4.69, 9.17) is 4.74 Å². The molecule has 1 nitrogen and oxygen atoms in total. The van der Waals surface area contributed by atoms with E-state index in [1.54, 1.807) is 0 Å². The maximum absolute atomic E-state index is 5.95. The highest BCUT2D eigenvalue weighted by molar-refractivity contribution is 9.10. The lowest BCUT2D eigenvalue weighted by atomic mass is 10.1. The third-order valence-corrected chi connectivity index (χ3v) is 8.51. The molecule has 0 saturated carbocycles. The predicted octanol–water partition coefficient (Wildman–Crippen LogP) is 5.71. The van der Waals surface area contributed by atoms with E-state index in [2.05, 4.69) is 67.9 Å². The van der Waals surface area contributed by atoms with Gasteiger partial charge in [-0.3, -0.25) is 0 Å². The van der Waals surface area contributed by atoms with Gasteiger partial charge in [0.2, 0.25) is 0 Å². The van der Waals surface area contributed by atoms with Crippen LogP contribution in [0.25, 0.3) is 0 Å². The number of rotatable bonds is 9. The van der Waals surface area contributed by atoms with Gasteiger partial charge in [-0.1, -0.05) is 73.9 Å². The highest BCUT2D eigenvalue weighted by Crippen LogP contribution is 2.32. The number of hydrogen-bond acceptors (Lipinski definition) is 1. The van der Waals surface area contributed by atoms with Gasteiger partial charge in [-0.05, 0) is 29.5 Å². The van der Waals surface area contributed by atoms with Crippen molar-refractivity contribution >= 4 is 24.7 Å². The highest BCUT2D eigenvalue weighted by atomic mass is 79.9. The average molecular weight is 356 g/mol. The summed E-state index contributed by atoms with van der Waals surface area (Å²) < 4.78 is 7.17. The minimum Gasteiger partial charge on any atom is -0.381 e. The van der Waals surface area contributed by atoms with Crippen LogP contribution in [0.4, 0.5) is 0 Å². The zero-order valence-corrected chi connectivity index (χ0v) is 15.9. The van der Waals surface area contributed by atoms with E-state index in [1.165, 1.54) is 22.1 Å². The van der Waals surface area contributed by atoms with E-state index >= 15 is 0 Å². The van der Waals surface area contributed by atoms with Crippen molar-refractivity contribution in [2.75, 3.05) is 13.2 Å². The van der Waals surface area contributed by atoms with Crippen LogP contribution in [0.3, 0.4) is 0 Å². The smallest absolute Gasteiger partial charge is 0.0562 e. The molecule has 0 bridgehead atoms. The van der Waals surface area contributed by atoms with Crippen molar-refractivity contribution in [3.8, 4) is 0 Å². The first-order chi connectivity index (χ1) is 9.51. The summed E-state index contributed by atoms with van der Waals surface area (Å²) in [5, 5.41) is 0.390. The van der Waals surface area contributed by atoms with Gasteiger partial charge in [0.05, 0.1) is 8.80 Å². The fourth-order valence-corrected chi connectivity index (χ4v) is 5.91. The molecule has 0 spiro atoms. The first-order valence-electron chi connectivity index (χ1n) is 7.67. The number of halogens is 1. The van der Waals surface area contributed by atoms with Crippen LogP contribution in [0.5, 0.6) is 0 Å². The lowest BCUT2D eigenvalue weighted by Gasteiger charge is -2.31. The second-order valence-electron chi connectivity index (χ2n) is 5.94. The Labute approximate surface area is 134 Å². The van der Waals surface area contributed by atoms with Crippen LogP contribution in [0.15, 0.2) is 28.7 Å². The topological polar surface area (TPSA) is 9.23 Å². The predicted molar refractivity (Wildman–Crippen MR) is 94.0 cm³/mol. The molecule has 1 aromatic carbocycles. The summed E-state index contributed by atoms with van der Waals surface area (Å²) in [5.41, 5.74) is 1.38. The Hall–Kier alpha value is -0.123. The Morgan fingerprint density at radius 1 is 1.15 bits per heavy atom. The maximum Gasteiger partial charge on any atom is 0.0562 e. The summed E-state index contributed by atoms with van der Waals surface area (Å²) in [6, 6.07) is 11.1. The summed E-state index contributed by atoms with van der Waals surface area (Å²) in [4.78, 5) is 0. The van der Waals surface area contributed by atoms with Gasteiger partial charge in [0.1, 0.15) is 0 Å². The maximum atomic E-state index is 5.95. The van der Waals surface area contributed by atoms with Crippen molar-refractivity contribution in [2.45, 2.75) is 57.7 Å². The summed E-state index contributed by atoms with van der Waals surface area (Å²) in [5.74, 6) is 0. The van der Waals surface area contributed by atoms with Gasteiger partial charge in [0.15, 0.2) is 0 Å². The normalized spacial score (nSPS) is 12.1. The minimum absolute atomic E-state index is 0.277. The van der Waals surface area contributed by atoms with Crippen LogP contribution >= 0.6 is 15.9 Å². The lowest BCUT2D eigenvalue weighted by molar-refractivity contribution is 0.111. The van der Waals surface area contributed by atoms with Crippen LogP contribution in [0, 0.1) is 0 Å². The van der Waals surface area contributed by atoms with Gasteiger partial charge in [0, 0.05) is 17.7 Å². The second kappa shape index (κ2) is 9.01. The molecule has 0 aliphatic heterocycles. The van der Waals surface area contributed by atoms with Crippen LogP contribution in [-0.4, -0.2) is 22.0 Å². The Morgan fingerprint density at radius 2 is 1.80 bits per heavy atom. The van der Waals surface area contributed by atoms with Gasteiger partial charge < -0.3 is 4.74 Å². The molecule has 3 heteroatoms. The quantitative estimate of drug-likeness (QED) is 0.407. The van der Waals surface area contributed by atoms with Crippen molar-refractivity contribution in [3.63, 3.8) is 0 Å². The molecule has 0 fully saturated rings. The monoisotopic (exact) mass is 355 g/mol. The van der Waals surface area contributed by atoms with E-state index < -0.39 is 0 Å². The molecule has 1 rings (SSSR count). The molecule has 0 atom stereocenters. The summed E-state index contributed by atoms with van der Waals surface area (Å²) in [6.07, 6.45) is 2.18. The van der Waals surface area contributed by atoms with Crippen LogP contribution in [0.1, 0.15) is 39.7 Å². The lowest BCUT2D eigenvalue weighted by Crippen LogP contribution is -2.30. The van der Waals surface area contributed by atoms with Crippen LogP contribution in [0.2, 0.25) is 17.1 Å². The Morgan fingerprint density at radius 3 is 2.40 bits per heavy atom. The molecule has 0 aliphatic rings. The number of ether oxygens (including phenoxy) is 1. The van der Waals surface area contributed by atoms with Crippen LogP contribution in [-0.2, 0) is 11.2 Å². The third-order valence-electron chi connectivity index (χ3n) is 3.97. The molecular weight excluding hydrogens is 328 g/mol. The Balaban J connectivity index is 2.27. The number of hydrogen-bond donors (Lipinski definition) is 0. The second-order valence-corrected chi connectivity index (χ2v) is 10.8.